The third-order valence-electron chi connectivity index (χ3n) is 7.82. The Balaban J connectivity index is 1.50. The normalized spacial score (nSPS) is 20.4. The highest BCUT2D eigenvalue weighted by atomic mass is 79.9. The number of carbonyl (C=O) groups excluding carboxylic acids is 2. The van der Waals surface area contributed by atoms with Crippen LogP contribution in [0.3, 0.4) is 0 Å². The van der Waals surface area contributed by atoms with Crippen molar-refractivity contribution in [2.24, 2.45) is 5.92 Å². The lowest BCUT2D eigenvalue weighted by atomic mass is 9.90. The fourth-order valence-electron chi connectivity index (χ4n) is 5.52. The van der Waals surface area contributed by atoms with E-state index in [9.17, 15) is 22.4 Å². The molecule has 3 N–H and O–H groups in total. The second kappa shape index (κ2) is 14.9. The maximum absolute atomic E-state index is 14.4. The quantitative estimate of drug-likeness (QED) is 0.299. The lowest BCUT2D eigenvalue weighted by Gasteiger charge is -2.30. The number of amides is 2. The van der Waals surface area contributed by atoms with E-state index in [1.165, 1.54) is 11.0 Å². The largest absolute Gasteiger partial charge is 0.371 e. The Bertz CT molecular complexity index is 1360. The minimum absolute atomic E-state index is 0.0402. The number of piperidine rings is 1. The number of benzene rings is 2. The summed E-state index contributed by atoms with van der Waals surface area (Å²) in [5.74, 6) is -0.923. The summed E-state index contributed by atoms with van der Waals surface area (Å²) in [7, 11) is 2.32. The highest BCUT2D eigenvalue weighted by molar-refractivity contribution is 9.10. The van der Waals surface area contributed by atoms with Crippen molar-refractivity contribution < 1.29 is 27.1 Å². The second-order valence-corrected chi connectivity index (χ2v) is 13.7. The van der Waals surface area contributed by atoms with E-state index in [2.05, 4.69) is 31.3 Å². The van der Waals surface area contributed by atoms with Crippen molar-refractivity contribution in [3.63, 3.8) is 0 Å². The van der Waals surface area contributed by atoms with Crippen molar-refractivity contribution in [1.29, 1.82) is 0 Å². The van der Waals surface area contributed by atoms with E-state index in [4.69, 9.17) is 12.6 Å². The molecule has 2 aromatic carbocycles. The number of ether oxygens (including phenoxy) is 1. The van der Waals surface area contributed by atoms with Crippen LogP contribution in [-0.2, 0) is 37.5 Å². The molecule has 2 radical (unpaired) electrons. The van der Waals surface area contributed by atoms with Crippen molar-refractivity contribution in [1.82, 2.24) is 20.3 Å². The van der Waals surface area contributed by atoms with Crippen molar-refractivity contribution in [3.05, 3.63) is 63.9 Å². The van der Waals surface area contributed by atoms with E-state index >= 15 is 0 Å². The molecule has 0 aromatic heterocycles. The zero-order valence-electron chi connectivity index (χ0n) is 23.7. The van der Waals surface area contributed by atoms with Gasteiger partial charge in [-0.25, -0.2) is 17.5 Å². The Morgan fingerprint density at radius 1 is 1.19 bits per heavy atom. The molecule has 2 fully saturated rings. The average molecular weight is 663 g/mol. The number of nitrogens with zero attached hydrogens (tertiary/aromatic N) is 1. The Kier molecular flexibility index (Phi) is 11.6. The number of halogens is 2. The number of rotatable bonds is 12. The van der Waals surface area contributed by atoms with Crippen molar-refractivity contribution >= 4 is 51.1 Å². The zero-order chi connectivity index (χ0) is 30.3. The van der Waals surface area contributed by atoms with Gasteiger partial charge in [-0.15, -0.1) is 0 Å². The summed E-state index contributed by atoms with van der Waals surface area (Å²) in [6.45, 7) is 1.97. The van der Waals surface area contributed by atoms with Gasteiger partial charge in [-0.05, 0) is 62.4 Å². The molecule has 0 saturated carbocycles. The first-order valence-corrected chi connectivity index (χ1v) is 16.8. The number of hydrogen-bond acceptors (Lipinski definition) is 6. The predicted octanol–water partition coefficient (Wildman–Crippen LogP) is 1.88. The molecule has 2 amide bonds. The molecule has 2 saturated heterocycles. The van der Waals surface area contributed by atoms with Gasteiger partial charge in [0, 0.05) is 29.5 Å². The molecule has 2 aromatic rings. The van der Waals surface area contributed by atoms with Crippen molar-refractivity contribution in [2.75, 3.05) is 25.9 Å². The minimum Gasteiger partial charge on any atom is -0.371 e. The SMILES string of the molecule is [B]c1ccccc1CNC(=O)[C@@H]1C[C@@H](OCc2ccc(Br)cc2F)CN1C(=O)[C@@H](CCC1CCNCC1)NS(C)(=O)=O. The van der Waals surface area contributed by atoms with Gasteiger partial charge in [0.25, 0.3) is 0 Å². The summed E-state index contributed by atoms with van der Waals surface area (Å²) >= 11 is 3.24. The smallest absolute Gasteiger partial charge is 0.243 e. The highest BCUT2D eigenvalue weighted by Gasteiger charge is 2.42. The van der Waals surface area contributed by atoms with Crippen LogP contribution in [-0.4, -0.2) is 77.1 Å². The molecule has 4 rings (SSSR count). The Morgan fingerprint density at radius 3 is 2.62 bits per heavy atom. The van der Waals surface area contributed by atoms with Gasteiger partial charge in [-0.2, -0.15) is 0 Å². The zero-order valence-corrected chi connectivity index (χ0v) is 26.1. The topological polar surface area (TPSA) is 117 Å². The minimum atomic E-state index is -3.71. The molecule has 42 heavy (non-hydrogen) atoms. The number of likely N-dealkylation sites (tertiary alicyclic amines) is 1. The van der Waals surface area contributed by atoms with Gasteiger partial charge in [-0.1, -0.05) is 51.7 Å². The fraction of sp³-hybridized carbons (Fsp3) is 0.517. The van der Waals surface area contributed by atoms with E-state index < -0.39 is 45.8 Å². The summed E-state index contributed by atoms with van der Waals surface area (Å²) in [4.78, 5) is 28.8. The first kappa shape index (κ1) is 32.6. The standard InChI is InChI=1S/C29H37BBrFN4O5S/c1-42(39,40)35-26(9-6-19-10-12-33-13-11-19)29(38)36-17-23(41-18-21-7-8-22(31)14-25(21)32)15-27(36)28(37)34-16-20-4-2-3-5-24(20)30/h2-5,7-8,14,19,23,26-27,33,35H,6,9-13,15-18H2,1H3,(H,34,37)/t23-,26-,27+/m1/s1. The summed E-state index contributed by atoms with van der Waals surface area (Å²) in [6, 6.07) is 9.91. The van der Waals surface area contributed by atoms with Gasteiger partial charge in [0.2, 0.25) is 21.8 Å². The summed E-state index contributed by atoms with van der Waals surface area (Å²) in [5, 5.41) is 6.18. The van der Waals surface area contributed by atoms with Crippen LogP contribution >= 0.6 is 15.9 Å². The number of sulfonamides is 1. The third kappa shape index (κ3) is 9.34. The van der Waals surface area contributed by atoms with Gasteiger partial charge in [0.15, 0.2) is 0 Å². The van der Waals surface area contributed by atoms with Gasteiger partial charge in [-0.3, -0.25) is 9.59 Å². The van der Waals surface area contributed by atoms with Crippen molar-refractivity contribution in [3.8, 4) is 0 Å². The van der Waals surface area contributed by atoms with Crippen LogP contribution in [0, 0.1) is 11.7 Å². The first-order valence-electron chi connectivity index (χ1n) is 14.1. The van der Waals surface area contributed by atoms with Crippen LogP contribution in [0.2, 0.25) is 0 Å². The molecule has 9 nitrogen and oxygen atoms in total. The molecule has 2 heterocycles. The van der Waals surface area contributed by atoms with Crippen molar-refractivity contribution in [2.45, 2.75) is 63.4 Å². The van der Waals surface area contributed by atoms with E-state index in [0.717, 1.165) is 37.8 Å². The number of carbonyl (C=O) groups is 2. The fourth-order valence-corrected chi connectivity index (χ4v) is 6.58. The van der Waals surface area contributed by atoms with E-state index in [-0.39, 0.29) is 26.1 Å². The highest BCUT2D eigenvalue weighted by Crippen LogP contribution is 2.26. The molecule has 2 aliphatic rings. The summed E-state index contributed by atoms with van der Waals surface area (Å²) < 4.78 is 48.0. The van der Waals surface area contributed by atoms with E-state index in [0.29, 0.717) is 34.3 Å². The summed E-state index contributed by atoms with van der Waals surface area (Å²) in [5.41, 5.74) is 1.62. The molecular formula is C29H37BBrFN4O5S. The molecule has 13 heteroatoms. The van der Waals surface area contributed by atoms with Crippen LogP contribution in [0.15, 0.2) is 46.9 Å². The average Bonchev–Trinajstić information content (AvgIpc) is 3.38. The Hall–Kier alpha value is -2.32. The molecule has 0 aliphatic carbocycles. The van der Waals surface area contributed by atoms with Gasteiger partial charge in [0.1, 0.15) is 25.7 Å². The Labute approximate surface area is 256 Å². The van der Waals surface area contributed by atoms with Crippen LogP contribution in [0.1, 0.15) is 43.2 Å². The summed E-state index contributed by atoms with van der Waals surface area (Å²) in [6.07, 6.45) is 3.56. The molecule has 2 aliphatic heterocycles. The molecule has 0 spiro atoms. The van der Waals surface area contributed by atoms with Gasteiger partial charge < -0.3 is 20.3 Å². The van der Waals surface area contributed by atoms with E-state index in [1.807, 2.05) is 6.07 Å². The molecular weight excluding hydrogens is 626 g/mol. The van der Waals surface area contributed by atoms with Gasteiger partial charge in [0.05, 0.1) is 19.0 Å². The van der Waals surface area contributed by atoms with Crippen LogP contribution in [0.5, 0.6) is 0 Å². The molecule has 226 valence electrons. The Morgan fingerprint density at radius 2 is 1.93 bits per heavy atom. The monoisotopic (exact) mass is 662 g/mol. The number of nitrogens with one attached hydrogen (secondary N) is 3. The van der Waals surface area contributed by atoms with E-state index in [1.54, 1.807) is 30.3 Å². The van der Waals surface area contributed by atoms with Gasteiger partial charge >= 0.3 is 0 Å². The molecule has 3 atom stereocenters. The third-order valence-corrected chi connectivity index (χ3v) is 9.03. The van der Waals surface area contributed by atoms with Crippen LogP contribution < -0.4 is 20.8 Å². The molecule has 0 bridgehead atoms. The lowest BCUT2D eigenvalue weighted by molar-refractivity contribution is -0.140. The maximum Gasteiger partial charge on any atom is 0.243 e. The number of hydrogen-bond donors (Lipinski definition) is 3. The maximum atomic E-state index is 14.4. The van der Waals surface area contributed by atoms with Crippen LogP contribution in [0.4, 0.5) is 4.39 Å². The first-order chi connectivity index (χ1) is 20.0. The molecule has 0 unspecified atom stereocenters. The predicted molar refractivity (Wildman–Crippen MR) is 163 cm³/mol. The lowest BCUT2D eigenvalue weighted by Crippen LogP contribution is -2.53. The van der Waals surface area contributed by atoms with Crippen LogP contribution in [0.25, 0.3) is 0 Å². The second-order valence-electron chi connectivity index (χ2n) is 11.0.